The first-order valence-electron chi connectivity index (χ1n) is 8.06. The van der Waals surface area contributed by atoms with Crippen LogP contribution in [0, 0.1) is 0 Å². The summed E-state index contributed by atoms with van der Waals surface area (Å²) in [5.74, 6) is 0.345. The number of carbonyl (C=O) groups excluding carboxylic acids is 1. The number of amides is 1. The molecule has 0 aliphatic carbocycles. The van der Waals surface area contributed by atoms with E-state index in [0.29, 0.717) is 25.4 Å². The number of sulfonamides is 1. The van der Waals surface area contributed by atoms with Crippen molar-refractivity contribution in [2.45, 2.75) is 25.3 Å². The molecule has 0 aliphatic heterocycles. The molecule has 0 unspecified atom stereocenters. The van der Waals surface area contributed by atoms with Crippen LogP contribution in [0.25, 0.3) is 6.08 Å². The van der Waals surface area contributed by atoms with Gasteiger partial charge >= 0.3 is 0 Å². The van der Waals surface area contributed by atoms with Gasteiger partial charge in [-0.25, -0.2) is 8.42 Å². The lowest BCUT2D eigenvalue weighted by Gasteiger charge is -2.18. The minimum absolute atomic E-state index is 0.253. The summed E-state index contributed by atoms with van der Waals surface area (Å²) in [6.07, 6.45) is 4.50. The maximum atomic E-state index is 12.4. The molecule has 0 radical (unpaired) electrons. The van der Waals surface area contributed by atoms with Gasteiger partial charge < -0.3 is 9.73 Å². The Morgan fingerprint density at radius 1 is 1.16 bits per heavy atom. The Hall–Kier alpha value is -2.38. The molecule has 6 nitrogen and oxygen atoms in total. The molecule has 1 N–H and O–H groups in total. The van der Waals surface area contributed by atoms with E-state index in [1.165, 1.54) is 16.6 Å². The van der Waals surface area contributed by atoms with Crippen LogP contribution in [-0.4, -0.2) is 31.7 Å². The molecule has 0 atom stereocenters. The van der Waals surface area contributed by atoms with Gasteiger partial charge in [-0.15, -0.1) is 0 Å². The first kappa shape index (κ1) is 19.0. The van der Waals surface area contributed by atoms with Crippen LogP contribution in [-0.2, 0) is 21.4 Å². The van der Waals surface area contributed by atoms with Crippen molar-refractivity contribution >= 4 is 22.0 Å². The Morgan fingerprint density at radius 3 is 2.40 bits per heavy atom. The van der Waals surface area contributed by atoms with Gasteiger partial charge in [-0.1, -0.05) is 26.0 Å². The summed E-state index contributed by atoms with van der Waals surface area (Å²) in [6, 6.07) is 10.0. The molecule has 0 aliphatic rings. The van der Waals surface area contributed by atoms with Gasteiger partial charge in [0.2, 0.25) is 15.9 Å². The smallest absolute Gasteiger partial charge is 0.244 e. The fourth-order valence-corrected chi connectivity index (χ4v) is 3.74. The zero-order chi connectivity index (χ0) is 18.3. The Kier molecular flexibility index (Phi) is 6.55. The maximum absolute atomic E-state index is 12.4. The van der Waals surface area contributed by atoms with E-state index in [-0.39, 0.29) is 10.8 Å². The van der Waals surface area contributed by atoms with Crippen molar-refractivity contribution in [3.05, 3.63) is 60.1 Å². The number of hydrogen-bond acceptors (Lipinski definition) is 4. The summed E-state index contributed by atoms with van der Waals surface area (Å²) in [5.41, 5.74) is 0.818. The van der Waals surface area contributed by atoms with Gasteiger partial charge in [0.15, 0.2) is 0 Å². The van der Waals surface area contributed by atoms with Gasteiger partial charge in [0.1, 0.15) is 5.76 Å². The maximum Gasteiger partial charge on any atom is 0.244 e. The van der Waals surface area contributed by atoms with E-state index >= 15 is 0 Å². The van der Waals surface area contributed by atoms with Gasteiger partial charge in [0.05, 0.1) is 11.2 Å². The summed E-state index contributed by atoms with van der Waals surface area (Å²) in [5, 5.41) is 2.74. The van der Waals surface area contributed by atoms with Crippen molar-refractivity contribution < 1.29 is 17.6 Å². The summed E-state index contributed by atoms with van der Waals surface area (Å²) >= 11 is 0. The third-order valence-electron chi connectivity index (χ3n) is 3.68. The van der Waals surface area contributed by atoms with Crippen LogP contribution < -0.4 is 5.32 Å². The Morgan fingerprint density at radius 2 is 1.84 bits per heavy atom. The predicted octanol–water partition coefficient (Wildman–Crippen LogP) is 2.64. The molecule has 1 aromatic heterocycles. The average Bonchev–Trinajstić information content (AvgIpc) is 3.13. The second kappa shape index (κ2) is 8.64. The zero-order valence-corrected chi connectivity index (χ0v) is 15.1. The number of nitrogens with zero attached hydrogens (tertiary/aromatic N) is 1. The lowest BCUT2D eigenvalue weighted by molar-refractivity contribution is -0.116. The predicted molar refractivity (Wildman–Crippen MR) is 96.1 cm³/mol. The Balaban J connectivity index is 1.95. The normalized spacial score (nSPS) is 12.0. The number of rotatable bonds is 8. The third-order valence-corrected chi connectivity index (χ3v) is 5.74. The van der Waals surface area contributed by atoms with Crippen molar-refractivity contribution in [2.75, 3.05) is 13.1 Å². The molecule has 0 fully saturated rings. The average molecular weight is 362 g/mol. The van der Waals surface area contributed by atoms with E-state index in [2.05, 4.69) is 5.32 Å². The highest BCUT2D eigenvalue weighted by Gasteiger charge is 2.21. The lowest BCUT2D eigenvalue weighted by Crippen LogP contribution is -2.30. The molecule has 0 saturated carbocycles. The highest BCUT2D eigenvalue weighted by Crippen LogP contribution is 2.16. The summed E-state index contributed by atoms with van der Waals surface area (Å²) < 4.78 is 31.3. The summed E-state index contributed by atoms with van der Waals surface area (Å²) in [6.45, 7) is 4.78. The van der Waals surface area contributed by atoms with Crippen molar-refractivity contribution in [3.8, 4) is 0 Å². The fraction of sp³-hybridized carbons (Fsp3) is 0.278. The molecule has 7 heteroatoms. The molecule has 0 saturated heterocycles. The van der Waals surface area contributed by atoms with Crippen molar-refractivity contribution in [2.24, 2.45) is 0 Å². The third kappa shape index (κ3) is 5.04. The van der Waals surface area contributed by atoms with E-state index in [9.17, 15) is 13.2 Å². The second-order valence-corrected chi connectivity index (χ2v) is 7.24. The Labute approximate surface area is 148 Å². The van der Waals surface area contributed by atoms with Crippen LogP contribution in [0.15, 0.2) is 58.1 Å². The quantitative estimate of drug-likeness (QED) is 0.732. The monoisotopic (exact) mass is 362 g/mol. The van der Waals surface area contributed by atoms with Crippen LogP contribution >= 0.6 is 0 Å². The number of furan rings is 1. The zero-order valence-electron chi connectivity index (χ0n) is 14.3. The molecule has 0 spiro atoms. The topological polar surface area (TPSA) is 79.6 Å². The summed E-state index contributed by atoms with van der Waals surface area (Å²) in [7, 11) is -3.46. The molecule has 0 bridgehead atoms. The first-order valence-corrected chi connectivity index (χ1v) is 9.50. The largest absolute Gasteiger partial charge is 0.465 e. The molecule has 1 heterocycles. The SMILES string of the molecule is CCN(CC)S(=O)(=O)c1ccc(CNC(=O)/C=C/c2ccco2)cc1. The summed E-state index contributed by atoms with van der Waals surface area (Å²) in [4.78, 5) is 12.0. The lowest BCUT2D eigenvalue weighted by atomic mass is 10.2. The van der Waals surface area contributed by atoms with Gasteiger partial charge in [-0.2, -0.15) is 4.31 Å². The van der Waals surface area contributed by atoms with Crippen molar-refractivity contribution in [3.63, 3.8) is 0 Å². The van der Waals surface area contributed by atoms with E-state index in [1.54, 1.807) is 56.3 Å². The molecular weight excluding hydrogens is 340 g/mol. The van der Waals surface area contributed by atoms with E-state index in [0.717, 1.165) is 5.56 Å². The molecule has 25 heavy (non-hydrogen) atoms. The number of benzene rings is 1. The molecule has 2 rings (SSSR count). The molecule has 2 aromatic rings. The highest BCUT2D eigenvalue weighted by atomic mass is 32.2. The number of nitrogens with one attached hydrogen (secondary N) is 1. The van der Waals surface area contributed by atoms with Crippen LogP contribution in [0.3, 0.4) is 0 Å². The van der Waals surface area contributed by atoms with E-state index in [1.807, 2.05) is 0 Å². The van der Waals surface area contributed by atoms with Gasteiger partial charge in [-0.3, -0.25) is 4.79 Å². The van der Waals surface area contributed by atoms with E-state index in [4.69, 9.17) is 4.42 Å². The molecule has 1 amide bonds. The fourth-order valence-electron chi connectivity index (χ4n) is 2.28. The highest BCUT2D eigenvalue weighted by molar-refractivity contribution is 7.89. The van der Waals surface area contributed by atoms with Gasteiger partial charge in [0.25, 0.3) is 0 Å². The standard InChI is InChI=1S/C18H22N2O4S/c1-3-20(4-2)25(22,23)17-10-7-15(8-11-17)14-19-18(21)12-9-16-6-5-13-24-16/h5-13H,3-4,14H2,1-2H3,(H,19,21)/b12-9+. The second-order valence-electron chi connectivity index (χ2n) is 5.30. The van der Waals surface area contributed by atoms with Gasteiger partial charge in [-0.05, 0) is 35.9 Å². The van der Waals surface area contributed by atoms with Crippen molar-refractivity contribution in [1.29, 1.82) is 0 Å². The number of hydrogen-bond donors (Lipinski definition) is 1. The van der Waals surface area contributed by atoms with Crippen molar-refractivity contribution in [1.82, 2.24) is 9.62 Å². The Bertz CT molecular complexity index is 805. The molecule has 134 valence electrons. The van der Waals surface area contributed by atoms with E-state index < -0.39 is 10.0 Å². The van der Waals surface area contributed by atoms with Crippen LogP contribution in [0.5, 0.6) is 0 Å². The van der Waals surface area contributed by atoms with Crippen LogP contribution in [0.2, 0.25) is 0 Å². The minimum atomic E-state index is -3.46. The molecular formula is C18H22N2O4S. The minimum Gasteiger partial charge on any atom is -0.465 e. The molecule has 1 aromatic carbocycles. The first-order chi connectivity index (χ1) is 12.0. The van der Waals surface area contributed by atoms with Crippen LogP contribution in [0.1, 0.15) is 25.2 Å². The number of carbonyl (C=O) groups is 1. The van der Waals surface area contributed by atoms with Gasteiger partial charge in [0, 0.05) is 25.7 Å². The van der Waals surface area contributed by atoms with Crippen LogP contribution in [0.4, 0.5) is 0 Å².